The van der Waals surface area contributed by atoms with Gasteiger partial charge in [0.1, 0.15) is 5.60 Å². The smallest absolute Gasteiger partial charge is 0.414 e. The van der Waals surface area contributed by atoms with E-state index in [-0.39, 0.29) is 16.2 Å². The third-order valence-corrected chi connectivity index (χ3v) is 5.19. The van der Waals surface area contributed by atoms with Crippen molar-refractivity contribution in [1.29, 1.82) is 0 Å². The number of thioether (sulfide) groups is 1. The zero-order valence-corrected chi connectivity index (χ0v) is 18.6. The molecule has 3 rings (SSSR count). The van der Waals surface area contributed by atoms with Gasteiger partial charge in [-0.15, -0.1) is 5.10 Å². The van der Waals surface area contributed by atoms with E-state index >= 15 is 0 Å². The second kappa shape index (κ2) is 9.34. The van der Waals surface area contributed by atoms with Crippen LogP contribution in [0, 0.1) is 0 Å². The Hall–Kier alpha value is -3.14. The highest BCUT2D eigenvalue weighted by Crippen LogP contribution is 2.29. The van der Waals surface area contributed by atoms with E-state index < -0.39 is 17.5 Å². The summed E-state index contributed by atoms with van der Waals surface area (Å²) >= 11 is 1.01. The van der Waals surface area contributed by atoms with Crippen LogP contribution >= 0.6 is 11.8 Å². The van der Waals surface area contributed by atoms with Crippen molar-refractivity contribution in [2.24, 2.45) is 10.2 Å². The molecule has 0 aromatic heterocycles. The van der Waals surface area contributed by atoms with Gasteiger partial charge >= 0.3 is 12.1 Å². The maximum absolute atomic E-state index is 12.5. The van der Waals surface area contributed by atoms with Gasteiger partial charge in [0.2, 0.25) is 0 Å². The number of rotatable bonds is 3. The van der Waals surface area contributed by atoms with E-state index in [0.717, 1.165) is 47.5 Å². The van der Waals surface area contributed by atoms with Gasteiger partial charge in [-0.2, -0.15) is 5.10 Å². The summed E-state index contributed by atoms with van der Waals surface area (Å²) in [7, 11) is 1.24. The second-order valence-electron chi connectivity index (χ2n) is 7.86. The fraction of sp³-hybridized carbons (Fsp3) is 0.381. The van der Waals surface area contributed by atoms with Crippen LogP contribution in [-0.4, -0.2) is 48.6 Å². The average molecular weight is 445 g/mol. The predicted molar refractivity (Wildman–Crippen MR) is 119 cm³/mol. The Labute approximate surface area is 184 Å². The number of aryl methyl sites for hydroxylation is 1. The van der Waals surface area contributed by atoms with Crippen LogP contribution in [0.2, 0.25) is 0 Å². The van der Waals surface area contributed by atoms with Crippen molar-refractivity contribution in [2.45, 2.75) is 39.2 Å². The SMILES string of the molecule is COC(=O)/C=C1/S/C(=N\N=Cc2ccc3c(c2)CCCN3C(=O)OC(C)(C)C)NC1=O. The van der Waals surface area contributed by atoms with Gasteiger partial charge in [-0.1, -0.05) is 6.07 Å². The van der Waals surface area contributed by atoms with E-state index in [0.29, 0.717) is 6.54 Å². The molecule has 1 N–H and O–H groups in total. The third kappa shape index (κ3) is 5.94. The highest BCUT2D eigenvalue weighted by atomic mass is 32.2. The molecule has 0 unspecified atom stereocenters. The highest BCUT2D eigenvalue weighted by molar-refractivity contribution is 8.18. The quantitative estimate of drug-likeness (QED) is 0.332. The van der Waals surface area contributed by atoms with Crippen LogP contribution in [0.25, 0.3) is 0 Å². The van der Waals surface area contributed by atoms with Crippen LogP contribution in [0.5, 0.6) is 0 Å². The summed E-state index contributed by atoms with van der Waals surface area (Å²) in [5.74, 6) is -1.04. The summed E-state index contributed by atoms with van der Waals surface area (Å²) in [6.45, 7) is 6.14. The fourth-order valence-corrected chi connectivity index (χ4v) is 3.73. The Morgan fingerprint density at radius 2 is 2.06 bits per heavy atom. The van der Waals surface area contributed by atoms with Crippen molar-refractivity contribution < 1.29 is 23.9 Å². The highest BCUT2D eigenvalue weighted by Gasteiger charge is 2.27. The van der Waals surface area contributed by atoms with Crippen molar-refractivity contribution >= 4 is 46.8 Å². The molecule has 0 bridgehead atoms. The molecule has 164 valence electrons. The molecule has 1 aromatic carbocycles. The Kier molecular flexibility index (Phi) is 6.79. The number of amidine groups is 1. The van der Waals surface area contributed by atoms with Gasteiger partial charge in [-0.05, 0) is 68.6 Å². The molecule has 2 heterocycles. The number of benzene rings is 1. The van der Waals surface area contributed by atoms with Gasteiger partial charge in [0.25, 0.3) is 5.91 Å². The lowest BCUT2D eigenvalue weighted by molar-refractivity contribution is -0.135. The Balaban J connectivity index is 1.70. The van der Waals surface area contributed by atoms with Crippen molar-refractivity contribution in [3.8, 4) is 0 Å². The number of anilines is 1. The first kappa shape index (κ1) is 22.5. The second-order valence-corrected chi connectivity index (χ2v) is 8.89. The maximum atomic E-state index is 12.5. The summed E-state index contributed by atoms with van der Waals surface area (Å²) in [6.07, 6.45) is 4.00. The number of ether oxygens (including phenoxy) is 2. The number of carbonyl (C=O) groups is 3. The number of carbonyl (C=O) groups excluding carboxylic acids is 3. The zero-order chi connectivity index (χ0) is 22.6. The van der Waals surface area contributed by atoms with E-state index in [2.05, 4.69) is 20.3 Å². The van der Waals surface area contributed by atoms with E-state index in [1.165, 1.54) is 7.11 Å². The molecule has 2 aliphatic rings. The van der Waals surface area contributed by atoms with Crippen molar-refractivity contribution in [1.82, 2.24) is 5.32 Å². The Bertz CT molecular complexity index is 994. The lowest BCUT2D eigenvalue weighted by atomic mass is 10.00. The molecular weight excluding hydrogens is 420 g/mol. The number of methoxy groups -OCH3 is 1. The van der Waals surface area contributed by atoms with Crippen LogP contribution in [0.1, 0.15) is 38.3 Å². The molecule has 0 radical (unpaired) electrons. The molecule has 0 aliphatic carbocycles. The standard InChI is InChI=1S/C21H24N4O5S/c1-21(2,3)30-20(28)25-9-5-6-14-10-13(7-8-15(14)25)12-22-24-19-23-18(27)16(31-19)11-17(26)29-4/h7-8,10-12H,5-6,9H2,1-4H3,(H,23,24,27)/b16-11+,22-12?. The summed E-state index contributed by atoms with van der Waals surface area (Å²) in [5, 5.41) is 10.8. The first-order valence-electron chi connectivity index (χ1n) is 9.69. The zero-order valence-electron chi connectivity index (χ0n) is 17.8. The van der Waals surface area contributed by atoms with Gasteiger partial charge in [-0.25, -0.2) is 9.59 Å². The molecule has 2 aliphatic heterocycles. The molecule has 9 nitrogen and oxygen atoms in total. The van der Waals surface area contributed by atoms with E-state index in [1.807, 2.05) is 39.0 Å². The lowest BCUT2D eigenvalue weighted by Crippen LogP contribution is -2.39. The minimum atomic E-state index is -0.614. The Morgan fingerprint density at radius 1 is 1.29 bits per heavy atom. The summed E-state index contributed by atoms with van der Waals surface area (Å²) in [5.41, 5.74) is 2.12. The van der Waals surface area contributed by atoms with Crippen LogP contribution in [-0.2, 0) is 25.5 Å². The van der Waals surface area contributed by atoms with Crippen LogP contribution in [0.3, 0.4) is 0 Å². The first-order valence-corrected chi connectivity index (χ1v) is 10.5. The van der Waals surface area contributed by atoms with Gasteiger partial charge in [-0.3, -0.25) is 15.0 Å². The normalized spacial score (nSPS) is 19.0. The monoisotopic (exact) mass is 444 g/mol. The molecular formula is C21H24N4O5S. The van der Waals surface area contributed by atoms with Crippen molar-refractivity contribution in [2.75, 3.05) is 18.6 Å². The van der Waals surface area contributed by atoms with Crippen LogP contribution in [0.15, 0.2) is 39.4 Å². The van der Waals surface area contributed by atoms with Gasteiger partial charge < -0.3 is 9.47 Å². The molecule has 0 saturated carbocycles. The van der Waals surface area contributed by atoms with Crippen LogP contribution < -0.4 is 10.2 Å². The van der Waals surface area contributed by atoms with E-state index in [4.69, 9.17) is 4.74 Å². The molecule has 2 amide bonds. The number of nitrogens with one attached hydrogen (secondary N) is 1. The number of amides is 2. The predicted octanol–water partition coefficient (Wildman–Crippen LogP) is 2.98. The first-order chi connectivity index (χ1) is 14.7. The van der Waals surface area contributed by atoms with Gasteiger partial charge in [0.15, 0.2) is 5.17 Å². The van der Waals surface area contributed by atoms with Crippen molar-refractivity contribution in [3.63, 3.8) is 0 Å². The number of fused-ring (bicyclic) bond motifs is 1. The third-order valence-electron chi connectivity index (χ3n) is 4.29. The summed E-state index contributed by atoms with van der Waals surface area (Å²) in [6, 6.07) is 5.67. The maximum Gasteiger partial charge on any atom is 0.414 e. The molecule has 1 aromatic rings. The molecule has 31 heavy (non-hydrogen) atoms. The van der Waals surface area contributed by atoms with Crippen molar-refractivity contribution in [3.05, 3.63) is 40.3 Å². The number of hydrogen-bond donors (Lipinski definition) is 1. The summed E-state index contributed by atoms with van der Waals surface area (Å²) < 4.78 is 10.0. The van der Waals surface area contributed by atoms with Crippen LogP contribution in [0.4, 0.5) is 10.5 Å². The number of hydrogen-bond acceptors (Lipinski definition) is 8. The van der Waals surface area contributed by atoms with Gasteiger partial charge in [0, 0.05) is 12.6 Å². The summed E-state index contributed by atoms with van der Waals surface area (Å²) in [4.78, 5) is 37.5. The molecule has 10 heteroatoms. The topological polar surface area (TPSA) is 110 Å². The fourth-order valence-electron chi connectivity index (χ4n) is 2.99. The minimum absolute atomic E-state index is 0.191. The molecule has 0 spiro atoms. The largest absolute Gasteiger partial charge is 0.466 e. The van der Waals surface area contributed by atoms with Gasteiger partial charge in [0.05, 0.1) is 23.9 Å². The molecule has 1 saturated heterocycles. The Morgan fingerprint density at radius 3 is 2.77 bits per heavy atom. The van der Waals surface area contributed by atoms with E-state index in [9.17, 15) is 14.4 Å². The van der Waals surface area contributed by atoms with E-state index in [1.54, 1.807) is 11.1 Å². The lowest BCUT2D eigenvalue weighted by Gasteiger charge is -2.31. The number of nitrogens with zero attached hydrogens (tertiary/aromatic N) is 3. The minimum Gasteiger partial charge on any atom is -0.466 e. The molecule has 0 atom stereocenters. The average Bonchev–Trinajstić information content (AvgIpc) is 3.05. The number of esters is 1. The molecule has 1 fully saturated rings.